The van der Waals surface area contributed by atoms with Crippen molar-refractivity contribution in [2.24, 2.45) is 5.92 Å². The van der Waals surface area contributed by atoms with Crippen molar-refractivity contribution in [1.29, 1.82) is 0 Å². The molecule has 1 N–H and O–H groups in total. The maximum Gasteiger partial charge on any atom is 0.255 e. The second-order valence-electron chi connectivity index (χ2n) is 8.54. The molecule has 0 unspecified atom stereocenters. The molecule has 172 valence electrons. The van der Waals surface area contributed by atoms with Gasteiger partial charge in [0.15, 0.2) is 5.13 Å². The van der Waals surface area contributed by atoms with Gasteiger partial charge in [-0.15, -0.1) is 23.1 Å². The van der Waals surface area contributed by atoms with Crippen LogP contribution in [0.4, 0.5) is 5.13 Å². The fourth-order valence-electron chi connectivity index (χ4n) is 4.47. The summed E-state index contributed by atoms with van der Waals surface area (Å²) in [5.41, 5.74) is 0.695. The Labute approximate surface area is 198 Å². The van der Waals surface area contributed by atoms with Gasteiger partial charge >= 0.3 is 0 Å². The van der Waals surface area contributed by atoms with Gasteiger partial charge in [0.05, 0.1) is 11.3 Å². The van der Waals surface area contributed by atoms with Gasteiger partial charge in [0.25, 0.3) is 5.91 Å². The summed E-state index contributed by atoms with van der Waals surface area (Å²) >= 11 is 3.10. The average Bonchev–Trinajstić information content (AvgIpc) is 3.26. The minimum atomic E-state index is 0.0525. The number of rotatable bonds is 7. The minimum Gasteiger partial charge on any atom is -0.355 e. The Morgan fingerprint density at radius 2 is 1.91 bits per heavy atom. The van der Waals surface area contributed by atoms with E-state index in [0.29, 0.717) is 23.8 Å². The third kappa shape index (κ3) is 6.25. The standard InChI is InChI=1S/C24H32N4O2S2/c29-22(26-17-19-7-2-1-3-8-19)18-32-21-10-5-4-9-20(21)23(30)27-12-6-13-28(15-14-27)24-25-11-16-31-24/h4-5,9-11,16,19H,1-3,6-8,12-15,17-18H2,(H,26,29). The van der Waals surface area contributed by atoms with Gasteiger partial charge in [-0.2, -0.15) is 0 Å². The first-order valence-electron chi connectivity index (χ1n) is 11.6. The van der Waals surface area contributed by atoms with Crippen molar-refractivity contribution in [3.8, 4) is 0 Å². The first-order valence-corrected chi connectivity index (χ1v) is 13.5. The Bertz CT molecular complexity index is 884. The second-order valence-corrected chi connectivity index (χ2v) is 10.4. The summed E-state index contributed by atoms with van der Waals surface area (Å²) in [5.74, 6) is 1.07. The Kier molecular flexibility index (Phi) is 8.45. The van der Waals surface area contributed by atoms with Gasteiger partial charge in [-0.25, -0.2) is 4.98 Å². The number of nitrogens with one attached hydrogen (secondary N) is 1. The summed E-state index contributed by atoms with van der Waals surface area (Å²) < 4.78 is 0. The van der Waals surface area contributed by atoms with E-state index < -0.39 is 0 Å². The minimum absolute atomic E-state index is 0.0525. The van der Waals surface area contributed by atoms with Crippen LogP contribution in [0.3, 0.4) is 0 Å². The molecule has 0 atom stereocenters. The summed E-state index contributed by atoms with van der Waals surface area (Å²) in [7, 11) is 0. The van der Waals surface area contributed by atoms with Gasteiger partial charge in [0.1, 0.15) is 0 Å². The lowest BCUT2D eigenvalue weighted by Crippen LogP contribution is -2.35. The summed E-state index contributed by atoms with van der Waals surface area (Å²) in [6.45, 7) is 3.90. The highest BCUT2D eigenvalue weighted by Gasteiger charge is 2.23. The van der Waals surface area contributed by atoms with Crippen LogP contribution < -0.4 is 10.2 Å². The number of amides is 2. The number of anilines is 1. The molecule has 2 heterocycles. The SMILES string of the molecule is O=C(CSc1ccccc1C(=O)N1CCCN(c2nccs2)CC1)NCC1CCCCC1. The highest BCUT2D eigenvalue weighted by Crippen LogP contribution is 2.26. The molecule has 1 aromatic carbocycles. The van der Waals surface area contributed by atoms with E-state index in [9.17, 15) is 9.59 Å². The van der Waals surface area contributed by atoms with Crippen molar-refractivity contribution in [2.75, 3.05) is 43.4 Å². The van der Waals surface area contributed by atoms with E-state index in [2.05, 4.69) is 15.2 Å². The van der Waals surface area contributed by atoms with Crippen molar-refractivity contribution < 1.29 is 9.59 Å². The largest absolute Gasteiger partial charge is 0.355 e. The molecule has 0 spiro atoms. The highest BCUT2D eigenvalue weighted by molar-refractivity contribution is 8.00. The van der Waals surface area contributed by atoms with Crippen LogP contribution in [-0.2, 0) is 4.79 Å². The predicted molar refractivity (Wildman–Crippen MR) is 132 cm³/mol. The second kappa shape index (κ2) is 11.7. The number of thiazole rings is 1. The van der Waals surface area contributed by atoms with Crippen molar-refractivity contribution in [3.05, 3.63) is 41.4 Å². The summed E-state index contributed by atoms with van der Waals surface area (Å²) in [4.78, 5) is 35.2. The van der Waals surface area contributed by atoms with Gasteiger partial charge in [0, 0.05) is 49.2 Å². The molecule has 1 saturated carbocycles. The number of carbonyl (C=O) groups excluding carboxylic acids is 2. The molecule has 1 aromatic heterocycles. The van der Waals surface area contributed by atoms with E-state index in [-0.39, 0.29) is 11.8 Å². The van der Waals surface area contributed by atoms with E-state index in [1.165, 1.54) is 43.9 Å². The molecule has 2 aromatic rings. The van der Waals surface area contributed by atoms with Crippen LogP contribution in [0.2, 0.25) is 0 Å². The van der Waals surface area contributed by atoms with Crippen LogP contribution in [0.15, 0.2) is 40.7 Å². The molecule has 0 radical (unpaired) electrons. The molecule has 8 heteroatoms. The number of hydrogen-bond acceptors (Lipinski definition) is 6. The zero-order valence-electron chi connectivity index (χ0n) is 18.5. The molecule has 2 fully saturated rings. The van der Waals surface area contributed by atoms with Crippen LogP contribution >= 0.6 is 23.1 Å². The molecular formula is C24H32N4O2S2. The van der Waals surface area contributed by atoms with Crippen molar-refractivity contribution >= 4 is 40.0 Å². The predicted octanol–water partition coefficient (Wildman–Crippen LogP) is 4.28. The first-order chi connectivity index (χ1) is 15.7. The number of thioether (sulfide) groups is 1. The van der Waals surface area contributed by atoms with Crippen LogP contribution in [0.5, 0.6) is 0 Å². The zero-order chi connectivity index (χ0) is 22.2. The van der Waals surface area contributed by atoms with Crippen LogP contribution in [0.25, 0.3) is 0 Å². The quantitative estimate of drug-likeness (QED) is 0.609. The molecule has 4 rings (SSSR count). The Balaban J connectivity index is 1.31. The van der Waals surface area contributed by atoms with E-state index in [1.807, 2.05) is 40.7 Å². The first kappa shape index (κ1) is 23.1. The van der Waals surface area contributed by atoms with Gasteiger partial charge in [-0.1, -0.05) is 31.4 Å². The molecule has 6 nitrogen and oxygen atoms in total. The molecule has 0 bridgehead atoms. The average molecular weight is 473 g/mol. The molecule has 2 amide bonds. The third-order valence-electron chi connectivity index (χ3n) is 6.26. The van der Waals surface area contributed by atoms with E-state index in [4.69, 9.17) is 0 Å². The lowest BCUT2D eigenvalue weighted by molar-refractivity contribution is -0.118. The number of hydrogen-bond donors (Lipinski definition) is 1. The number of nitrogens with zero attached hydrogens (tertiary/aromatic N) is 3. The normalized spacial score (nSPS) is 17.8. The third-order valence-corrected chi connectivity index (χ3v) is 8.17. The number of benzene rings is 1. The van der Waals surface area contributed by atoms with E-state index in [1.54, 1.807) is 11.3 Å². The smallest absolute Gasteiger partial charge is 0.255 e. The van der Waals surface area contributed by atoms with Gasteiger partial charge < -0.3 is 15.1 Å². The van der Waals surface area contributed by atoms with Crippen LogP contribution in [-0.4, -0.2) is 60.2 Å². The van der Waals surface area contributed by atoms with Gasteiger partial charge in [-0.05, 0) is 37.3 Å². The van der Waals surface area contributed by atoms with Gasteiger partial charge in [0.2, 0.25) is 5.91 Å². The molecule has 1 saturated heterocycles. The van der Waals surface area contributed by atoms with Crippen molar-refractivity contribution in [2.45, 2.75) is 43.4 Å². The monoisotopic (exact) mass is 472 g/mol. The summed E-state index contributed by atoms with van der Waals surface area (Å²) in [6, 6.07) is 7.67. The van der Waals surface area contributed by atoms with Crippen molar-refractivity contribution in [1.82, 2.24) is 15.2 Å². The highest BCUT2D eigenvalue weighted by atomic mass is 32.2. The lowest BCUT2D eigenvalue weighted by Gasteiger charge is -2.23. The van der Waals surface area contributed by atoms with Crippen LogP contribution in [0.1, 0.15) is 48.9 Å². The molecular weight excluding hydrogens is 440 g/mol. The fraction of sp³-hybridized carbons (Fsp3) is 0.542. The fourth-order valence-corrected chi connectivity index (χ4v) is 6.04. The van der Waals surface area contributed by atoms with Crippen molar-refractivity contribution in [3.63, 3.8) is 0 Å². The summed E-state index contributed by atoms with van der Waals surface area (Å²) in [6.07, 6.45) is 9.08. The maximum atomic E-state index is 13.3. The topological polar surface area (TPSA) is 65.5 Å². The summed E-state index contributed by atoms with van der Waals surface area (Å²) in [5, 5.41) is 6.11. The van der Waals surface area contributed by atoms with E-state index in [0.717, 1.165) is 42.6 Å². The Hall–Kier alpha value is -2.06. The van der Waals surface area contributed by atoms with Crippen LogP contribution in [0, 0.1) is 5.92 Å². The zero-order valence-corrected chi connectivity index (χ0v) is 20.1. The molecule has 32 heavy (non-hydrogen) atoms. The molecule has 2 aliphatic rings. The Morgan fingerprint density at radius 3 is 2.72 bits per heavy atom. The van der Waals surface area contributed by atoms with Gasteiger partial charge in [-0.3, -0.25) is 9.59 Å². The lowest BCUT2D eigenvalue weighted by atomic mass is 9.89. The number of carbonyl (C=O) groups is 2. The molecule has 1 aliphatic carbocycles. The van der Waals surface area contributed by atoms with E-state index >= 15 is 0 Å². The molecule has 1 aliphatic heterocycles. The number of aromatic nitrogens is 1. The Morgan fingerprint density at radius 1 is 1.06 bits per heavy atom. The maximum absolute atomic E-state index is 13.3.